The number of aliphatic hydroxyl groups is 1. The van der Waals surface area contributed by atoms with Gasteiger partial charge in [0.1, 0.15) is 11.4 Å². The van der Waals surface area contributed by atoms with Gasteiger partial charge in [-0.25, -0.2) is 0 Å². The van der Waals surface area contributed by atoms with Gasteiger partial charge in [0.25, 0.3) is 0 Å². The summed E-state index contributed by atoms with van der Waals surface area (Å²) in [4.78, 5) is 0. The van der Waals surface area contributed by atoms with Gasteiger partial charge in [0.15, 0.2) is 5.76 Å². The first-order valence-corrected chi connectivity index (χ1v) is 8.04. The van der Waals surface area contributed by atoms with E-state index in [1.54, 1.807) is 7.11 Å². The van der Waals surface area contributed by atoms with Crippen LogP contribution < -0.4 is 4.74 Å². The van der Waals surface area contributed by atoms with E-state index >= 15 is 0 Å². The lowest BCUT2D eigenvalue weighted by Gasteiger charge is -2.06. The molecule has 1 heterocycles. The van der Waals surface area contributed by atoms with Crippen LogP contribution in [0.3, 0.4) is 0 Å². The third-order valence-electron chi connectivity index (χ3n) is 4.34. The maximum atomic E-state index is 9.96. The first-order valence-electron chi connectivity index (χ1n) is 8.04. The number of ether oxygens (including phenoxy) is 1. The summed E-state index contributed by atoms with van der Waals surface area (Å²) in [6.07, 6.45) is 0. The van der Waals surface area contributed by atoms with Crippen LogP contribution in [0.1, 0.15) is 5.56 Å². The van der Waals surface area contributed by atoms with Crippen molar-refractivity contribution in [2.24, 2.45) is 0 Å². The molecule has 1 aromatic heterocycles. The molecule has 4 aromatic rings. The van der Waals surface area contributed by atoms with Crippen LogP contribution in [-0.2, 0) is 6.61 Å². The molecule has 4 nitrogen and oxygen atoms in total. The maximum Gasteiger partial charge on any atom is 0.173 e. The zero-order valence-electron chi connectivity index (χ0n) is 13.8. The van der Waals surface area contributed by atoms with Crippen molar-refractivity contribution in [2.75, 3.05) is 7.11 Å². The van der Waals surface area contributed by atoms with Crippen LogP contribution in [0.2, 0.25) is 0 Å². The van der Waals surface area contributed by atoms with Gasteiger partial charge >= 0.3 is 0 Å². The van der Waals surface area contributed by atoms with Crippen LogP contribution in [0.5, 0.6) is 5.75 Å². The number of benzene rings is 3. The highest BCUT2D eigenvalue weighted by Crippen LogP contribution is 2.36. The molecule has 0 saturated heterocycles. The summed E-state index contributed by atoms with van der Waals surface area (Å²) >= 11 is 0. The predicted octanol–water partition coefficient (Wildman–Crippen LogP) is 4.66. The van der Waals surface area contributed by atoms with Gasteiger partial charge in [-0.15, -0.1) is 0 Å². The normalized spacial score (nSPS) is 11.0. The molecular formula is C21H17NO3. The molecule has 0 bridgehead atoms. The van der Waals surface area contributed by atoms with Crippen molar-refractivity contribution in [1.82, 2.24) is 5.16 Å². The highest BCUT2D eigenvalue weighted by Gasteiger charge is 2.19. The molecule has 4 heteroatoms. The van der Waals surface area contributed by atoms with E-state index in [0.717, 1.165) is 27.6 Å². The number of hydrogen-bond acceptors (Lipinski definition) is 4. The summed E-state index contributed by atoms with van der Waals surface area (Å²) in [7, 11) is 1.63. The highest BCUT2D eigenvalue weighted by atomic mass is 16.5. The van der Waals surface area contributed by atoms with Gasteiger partial charge in [0.05, 0.1) is 19.3 Å². The molecule has 0 fully saturated rings. The van der Waals surface area contributed by atoms with E-state index in [2.05, 4.69) is 17.3 Å². The first kappa shape index (κ1) is 15.4. The standard InChI is InChI=1S/C21H17NO3/c1-24-16-11-9-15(10-12-16)21-19(13-23)20(22-25-21)18-8-4-6-14-5-2-3-7-17(14)18/h2-12,23H,13H2,1H3. The Bertz CT molecular complexity index is 1010. The Morgan fingerprint density at radius 3 is 2.48 bits per heavy atom. The summed E-state index contributed by atoms with van der Waals surface area (Å²) in [6.45, 7) is -0.149. The van der Waals surface area contributed by atoms with E-state index < -0.39 is 0 Å². The summed E-state index contributed by atoms with van der Waals surface area (Å²) in [6, 6.07) is 21.7. The molecular weight excluding hydrogens is 314 g/mol. The van der Waals surface area contributed by atoms with Crippen LogP contribution in [0.4, 0.5) is 0 Å². The Morgan fingerprint density at radius 1 is 0.960 bits per heavy atom. The molecule has 0 radical (unpaired) electrons. The zero-order chi connectivity index (χ0) is 17.2. The van der Waals surface area contributed by atoms with Crippen molar-refractivity contribution in [3.8, 4) is 28.3 Å². The lowest BCUT2D eigenvalue weighted by Crippen LogP contribution is -1.90. The monoisotopic (exact) mass is 331 g/mol. The van der Waals surface area contributed by atoms with Crippen molar-refractivity contribution in [1.29, 1.82) is 0 Å². The number of methoxy groups -OCH3 is 1. The van der Waals surface area contributed by atoms with E-state index in [1.165, 1.54) is 0 Å². The van der Waals surface area contributed by atoms with Gasteiger partial charge in [-0.05, 0) is 35.0 Å². The van der Waals surface area contributed by atoms with E-state index in [-0.39, 0.29) is 6.61 Å². The average molecular weight is 331 g/mol. The second kappa shape index (κ2) is 6.42. The fourth-order valence-corrected chi connectivity index (χ4v) is 3.07. The van der Waals surface area contributed by atoms with Gasteiger partial charge < -0.3 is 14.4 Å². The van der Waals surface area contributed by atoms with Gasteiger partial charge in [-0.3, -0.25) is 0 Å². The van der Waals surface area contributed by atoms with E-state index in [1.807, 2.05) is 54.6 Å². The molecule has 0 spiro atoms. The molecule has 0 unspecified atom stereocenters. The van der Waals surface area contributed by atoms with E-state index in [4.69, 9.17) is 9.26 Å². The largest absolute Gasteiger partial charge is 0.497 e. The summed E-state index contributed by atoms with van der Waals surface area (Å²) in [5, 5.41) is 16.4. The minimum atomic E-state index is -0.149. The molecule has 4 rings (SSSR count). The number of nitrogens with zero attached hydrogens (tertiary/aromatic N) is 1. The smallest absolute Gasteiger partial charge is 0.173 e. The Balaban J connectivity index is 1.87. The van der Waals surface area contributed by atoms with Crippen LogP contribution in [0, 0.1) is 0 Å². The molecule has 0 aliphatic carbocycles. The number of fused-ring (bicyclic) bond motifs is 1. The number of rotatable bonds is 4. The molecule has 0 amide bonds. The van der Waals surface area contributed by atoms with Gasteiger partial charge in [-0.1, -0.05) is 47.6 Å². The summed E-state index contributed by atoms with van der Waals surface area (Å²) in [5.41, 5.74) is 3.15. The molecule has 124 valence electrons. The van der Waals surface area contributed by atoms with Gasteiger partial charge in [0, 0.05) is 11.1 Å². The maximum absolute atomic E-state index is 9.96. The number of aliphatic hydroxyl groups excluding tert-OH is 1. The molecule has 0 saturated carbocycles. The fourth-order valence-electron chi connectivity index (χ4n) is 3.07. The van der Waals surface area contributed by atoms with Crippen LogP contribution in [0.25, 0.3) is 33.4 Å². The van der Waals surface area contributed by atoms with Gasteiger partial charge in [-0.2, -0.15) is 0 Å². The number of hydrogen-bond donors (Lipinski definition) is 1. The average Bonchev–Trinajstić information content (AvgIpc) is 3.11. The Labute approximate surface area is 145 Å². The molecule has 0 aliphatic heterocycles. The molecule has 25 heavy (non-hydrogen) atoms. The van der Waals surface area contributed by atoms with Crippen LogP contribution >= 0.6 is 0 Å². The first-order chi connectivity index (χ1) is 12.3. The van der Waals surface area contributed by atoms with E-state index in [0.29, 0.717) is 17.0 Å². The third-order valence-corrected chi connectivity index (χ3v) is 4.34. The Morgan fingerprint density at radius 2 is 1.72 bits per heavy atom. The molecule has 0 aliphatic rings. The summed E-state index contributed by atoms with van der Waals surface area (Å²) < 4.78 is 10.8. The van der Waals surface area contributed by atoms with Crippen molar-refractivity contribution >= 4 is 10.8 Å². The molecule has 0 atom stereocenters. The predicted molar refractivity (Wildman–Crippen MR) is 97.4 cm³/mol. The van der Waals surface area contributed by atoms with Crippen molar-refractivity contribution in [3.63, 3.8) is 0 Å². The minimum Gasteiger partial charge on any atom is -0.497 e. The highest BCUT2D eigenvalue weighted by molar-refractivity contribution is 5.97. The van der Waals surface area contributed by atoms with Crippen molar-refractivity contribution in [3.05, 3.63) is 72.3 Å². The fraction of sp³-hybridized carbons (Fsp3) is 0.0952. The number of aromatic nitrogens is 1. The quantitative estimate of drug-likeness (QED) is 0.591. The lowest BCUT2D eigenvalue weighted by atomic mass is 9.98. The third kappa shape index (κ3) is 2.66. The van der Waals surface area contributed by atoms with Crippen molar-refractivity contribution in [2.45, 2.75) is 6.61 Å². The SMILES string of the molecule is COc1ccc(-c2onc(-c3cccc4ccccc34)c2CO)cc1. The minimum absolute atomic E-state index is 0.149. The summed E-state index contributed by atoms with van der Waals surface area (Å²) in [5.74, 6) is 1.34. The Kier molecular flexibility index (Phi) is 3.96. The molecule has 1 N–H and O–H groups in total. The topological polar surface area (TPSA) is 55.5 Å². The second-order valence-corrected chi connectivity index (χ2v) is 5.75. The van der Waals surface area contributed by atoms with Crippen LogP contribution in [0.15, 0.2) is 71.3 Å². The zero-order valence-corrected chi connectivity index (χ0v) is 13.8. The van der Waals surface area contributed by atoms with Crippen molar-refractivity contribution < 1.29 is 14.4 Å². The second-order valence-electron chi connectivity index (χ2n) is 5.75. The Hall–Kier alpha value is -3.11. The lowest BCUT2D eigenvalue weighted by molar-refractivity contribution is 0.281. The van der Waals surface area contributed by atoms with Gasteiger partial charge in [0.2, 0.25) is 0 Å². The van der Waals surface area contributed by atoms with Crippen LogP contribution in [-0.4, -0.2) is 17.4 Å². The molecule has 3 aromatic carbocycles. The van der Waals surface area contributed by atoms with E-state index in [9.17, 15) is 5.11 Å².